The van der Waals surface area contributed by atoms with Crippen molar-refractivity contribution in [2.75, 3.05) is 13.1 Å². The molecule has 0 aliphatic heterocycles. The number of rotatable bonds is 5. The molecule has 88 valence electrons. The molecule has 0 saturated heterocycles. The van der Waals surface area contributed by atoms with E-state index in [1.165, 1.54) is 18.5 Å². The topological polar surface area (TPSA) is 12.0 Å². The first kappa shape index (κ1) is 11.7. The van der Waals surface area contributed by atoms with Gasteiger partial charge in [-0.1, -0.05) is 51.1 Å². The smallest absolute Gasteiger partial charge is 0.00117 e. The van der Waals surface area contributed by atoms with Gasteiger partial charge in [0.25, 0.3) is 0 Å². The molecule has 0 bridgehead atoms. The first-order valence-electron chi connectivity index (χ1n) is 6.39. The van der Waals surface area contributed by atoms with Gasteiger partial charge in [-0.2, -0.15) is 0 Å². The quantitative estimate of drug-likeness (QED) is 0.798. The van der Waals surface area contributed by atoms with E-state index in [1.54, 1.807) is 0 Å². The first-order chi connectivity index (χ1) is 7.63. The van der Waals surface area contributed by atoms with E-state index in [-0.39, 0.29) is 0 Å². The summed E-state index contributed by atoms with van der Waals surface area (Å²) in [5.74, 6) is 1.58. The molecule has 0 radical (unpaired) electrons. The van der Waals surface area contributed by atoms with Crippen LogP contribution in [0.15, 0.2) is 30.3 Å². The summed E-state index contributed by atoms with van der Waals surface area (Å²) >= 11 is 0. The van der Waals surface area contributed by atoms with Crippen LogP contribution in [0.1, 0.15) is 32.8 Å². The maximum Gasteiger partial charge on any atom is -0.00117 e. The third-order valence-corrected chi connectivity index (χ3v) is 3.79. The highest BCUT2D eigenvalue weighted by Gasteiger charge is 2.50. The molecule has 1 aliphatic carbocycles. The normalized spacial score (nSPS) is 28.4. The monoisotopic (exact) mass is 217 g/mol. The second kappa shape index (κ2) is 4.58. The molecular weight excluding hydrogens is 194 g/mol. The zero-order valence-corrected chi connectivity index (χ0v) is 10.7. The van der Waals surface area contributed by atoms with Crippen LogP contribution in [0.2, 0.25) is 0 Å². The fourth-order valence-electron chi connectivity index (χ4n) is 2.47. The Morgan fingerprint density at radius 2 is 2.00 bits per heavy atom. The molecule has 1 aromatic carbocycles. The molecule has 1 aromatic rings. The SMILES string of the molecule is CC(C)CNCC1CC1(C)c1ccccc1. The minimum Gasteiger partial charge on any atom is -0.316 e. The lowest BCUT2D eigenvalue weighted by Crippen LogP contribution is -2.24. The largest absolute Gasteiger partial charge is 0.316 e. The molecule has 0 spiro atoms. The molecule has 2 atom stereocenters. The van der Waals surface area contributed by atoms with Crippen LogP contribution in [0.5, 0.6) is 0 Å². The molecule has 1 N–H and O–H groups in total. The van der Waals surface area contributed by atoms with Gasteiger partial charge >= 0.3 is 0 Å². The molecule has 1 saturated carbocycles. The predicted molar refractivity (Wildman–Crippen MR) is 69.6 cm³/mol. The Bertz CT molecular complexity index is 331. The van der Waals surface area contributed by atoms with Crippen LogP contribution in [-0.2, 0) is 5.41 Å². The van der Waals surface area contributed by atoms with E-state index in [0.29, 0.717) is 5.41 Å². The first-order valence-corrected chi connectivity index (χ1v) is 6.39. The molecule has 1 aliphatic rings. The maximum absolute atomic E-state index is 3.57. The third-order valence-electron chi connectivity index (χ3n) is 3.79. The molecule has 0 aromatic heterocycles. The number of hydrogen-bond donors (Lipinski definition) is 1. The number of nitrogens with one attached hydrogen (secondary N) is 1. The molecule has 0 heterocycles. The Kier molecular flexibility index (Phi) is 3.34. The van der Waals surface area contributed by atoms with Gasteiger partial charge in [-0.05, 0) is 42.3 Å². The Morgan fingerprint density at radius 3 is 2.62 bits per heavy atom. The summed E-state index contributed by atoms with van der Waals surface area (Å²) in [6.07, 6.45) is 1.34. The van der Waals surface area contributed by atoms with Crippen molar-refractivity contribution in [1.82, 2.24) is 5.32 Å². The average molecular weight is 217 g/mol. The van der Waals surface area contributed by atoms with Crippen LogP contribution in [0.4, 0.5) is 0 Å². The highest BCUT2D eigenvalue weighted by Crippen LogP contribution is 2.53. The van der Waals surface area contributed by atoms with Gasteiger partial charge in [-0.3, -0.25) is 0 Å². The van der Waals surface area contributed by atoms with E-state index in [4.69, 9.17) is 0 Å². The van der Waals surface area contributed by atoms with Gasteiger partial charge in [0.1, 0.15) is 0 Å². The van der Waals surface area contributed by atoms with Gasteiger partial charge in [-0.15, -0.1) is 0 Å². The molecule has 1 nitrogen and oxygen atoms in total. The Balaban J connectivity index is 1.85. The summed E-state index contributed by atoms with van der Waals surface area (Å²) in [5, 5.41) is 3.57. The van der Waals surface area contributed by atoms with E-state index in [1.807, 2.05) is 0 Å². The molecule has 1 fully saturated rings. The van der Waals surface area contributed by atoms with Crippen molar-refractivity contribution in [3.8, 4) is 0 Å². The van der Waals surface area contributed by atoms with Crippen LogP contribution in [-0.4, -0.2) is 13.1 Å². The molecular formula is C15H23N. The van der Waals surface area contributed by atoms with Crippen molar-refractivity contribution in [2.45, 2.75) is 32.6 Å². The standard InChI is InChI=1S/C15H23N/c1-12(2)10-16-11-14-9-15(14,3)13-7-5-4-6-8-13/h4-8,12,14,16H,9-11H2,1-3H3. The van der Waals surface area contributed by atoms with Crippen molar-refractivity contribution in [1.29, 1.82) is 0 Å². The van der Waals surface area contributed by atoms with E-state index < -0.39 is 0 Å². The third kappa shape index (κ3) is 2.46. The molecule has 0 amide bonds. The minimum atomic E-state index is 0.436. The van der Waals surface area contributed by atoms with Crippen LogP contribution in [0, 0.1) is 11.8 Å². The highest BCUT2D eigenvalue weighted by atomic mass is 14.9. The average Bonchev–Trinajstić information content (AvgIpc) is 2.92. The number of benzene rings is 1. The second-order valence-electron chi connectivity index (χ2n) is 5.74. The van der Waals surface area contributed by atoms with Gasteiger partial charge in [0.05, 0.1) is 0 Å². The van der Waals surface area contributed by atoms with Crippen LogP contribution >= 0.6 is 0 Å². The van der Waals surface area contributed by atoms with Crippen LogP contribution < -0.4 is 5.32 Å². The summed E-state index contributed by atoms with van der Waals surface area (Å²) in [7, 11) is 0. The van der Waals surface area contributed by atoms with Crippen molar-refractivity contribution >= 4 is 0 Å². The van der Waals surface area contributed by atoms with E-state index in [9.17, 15) is 0 Å². The van der Waals surface area contributed by atoms with E-state index in [0.717, 1.165) is 18.4 Å². The minimum absolute atomic E-state index is 0.436. The van der Waals surface area contributed by atoms with Crippen LogP contribution in [0.3, 0.4) is 0 Å². The summed E-state index contributed by atoms with van der Waals surface area (Å²) in [6.45, 7) is 9.22. The fraction of sp³-hybridized carbons (Fsp3) is 0.600. The predicted octanol–water partition coefficient (Wildman–Crippen LogP) is 3.21. The van der Waals surface area contributed by atoms with Gasteiger partial charge in [0, 0.05) is 0 Å². The van der Waals surface area contributed by atoms with E-state index >= 15 is 0 Å². The van der Waals surface area contributed by atoms with Gasteiger partial charge in [-0.25, -0.2) is 0 Å². The zero-order valence-electron chi connectivity index (χ0n) is 10.7. The van der Waals surface area contributed by atoms with Crippen molar-refractivity contribution in [3.63, 3.8) is 0 Å². The summed E-state index contributed by atoms with van der Waals surface area (Å²) in [6, 6.07) is 10.9. The zero-order chi connectivity index (χ0) is 11.6. The maximum atomic E-state index is 3.57. The van der Waals surface area contributed by atoms with Crippen molar-refractivity contribution in [2.24, 2.45) is 11.8 Å². The van der Waals surface area contributed by atoms with Gasteiger partial charge in [0.2, 0.25) is 0 Å². The molecule has 16 heavy (non-hydrogen) atoms. The Morgan fingerprint density at radius 1 is 1.31 bits per heavy atom. The lowest BCUT2D eigenvalue weighted by atomic mass is 9.95. The molecule has 2 rings (SSSR count). The second-order valence-corrected chi connectivity index (χ2v) is 5.74. The summed E-state index contributed by atoms with van der Waals surface area (Å²) in [4.78, 5) is 0. The van der Waals surface area contributed by atoms with Gasteiger partial charge < -0.3 is 5.32 Å². The molecule has 2 unspecified atom stereocenters. The van der Waals surface area contributed by atoms with Crippen LogP contribution in [0.25, 0.3) is 0 Å². The highest BCUT2D eigenvalue weighted by molar-refractivity contribution is 5.32. The fourth-order valence-corrected chi connectivity index (χ4v) is 2.47. The summed E-state index contributed by atoms with van der Waals surface area (Å²) < 4.78 is 0. The number of hydrogen-bond acceptors (Lipinski definition) is 1. The van der Waals surface area contributed by atoms with Gasteiger partial charge in [0.15, 0.2) is 0 Å². The lowest BCUT2D eigenvalue weighted by molar-refractivity contribution is 0.515. The Labute approximate surface area is 99.3 Å². The molecule has 1 heteroatoms. The Hall–Kier alpha value is -0.820. The summed E-state index contributed by atoms with van der Waals surface area (Å²) in [5.41, 5.74) is 1.94. The van der Waals surface area contributed by atoms with Crippen molar-refractivity contribution in [3.05, 3.63) is 35.9 Å². The van der Waals surface area contributed by atoms with E-state index in [2.05, 4.69) is 56.4 Å². The van der Waals surface area contributed by atoms with Crippen molar-refractivity contribution < 1.29 is 0 Å². The lowest BCUT2D eigenvalue weighted by Gasteiger charge is -2.13.